The lowest BCUT2D eigenvalue weighted by atomic mass is 10.4. The summed E-state index contributed by atoms with van der Waals surface area (Å²) in [5.74, 6) is -4.44. The van der Waals surface area contributed by atoms with Crippen LogP contribution in [-0.2, 0) is 23.7 Å². The maximum absolute atomic E-state index is 12.6. The van der Waals surface area contributed by atoms with Crippen molar-refractivity contribution in [2.24, 2.45) is 7.05 Å². The largest absolute Gasteiger partial charge is 0.390 e. The second-order valence-electron chi connectivity index (χ2n) is 3.82. The predicted molar refractivity (Wildman–Crippen MR) is 57.5 cm³/mol. The van der Waals surface area contributed by atoms with Crippen LogP contribution >= 0.6 is 0 Å². The first-order valence-corrected chi connectivity index (χ1v) is 6.50. The molecule has 0 aliphatic carbocycles. The first-order valence-electron chi connectivity index (χ1n) is 5.02. The van der Waals surface area contributed by atoms with Crippen LogP contribution in [0.15, 0.2) is 17.2 Å². The van der Waals surface area contributed by atoms with Crippen LogP contribution in [-0.4, -0.2) is 37.0 Å². The van der Waals surface area contributed by atoms with E-state index in [1.807, 2.05) is 0 Å². The summed E-state index contributed by atoms with van der Waals surface area (Å²) in [6.45, 7) is -2.14. The zero-order valence-corrected chi connectivity index (χ0v) is 10.6. The average Bonchev–Trinajstić information content (AvgIpc) is 2.69. The number of halogens is 4. The van der Waals surface area contributed by atoms with Gasteiger partial charge in [-0.05, 0) is 6.07 Å². The topological polar surface area (TPSA) is 71.3 Å². The highest BCUT2D eigenvalue weighted by Gasteiger charge is 2.41. The van der Waals surface area contributed by atoms with Crippen LogP contribution in [0.2, 0.25) is 0 Å². The highest BCUT2D eigenvalue weighted by molar-refractivity contribution is 7.89. The quantitative estimate of drug-likeness (QED) is 0.760. The fraction of sp³-hybridized carbons (Fsp3) is 0.556. The fourth-order valence-electron chi connectivity index (χ4n) is 1.23. The van der Waals surface area contributed by atoms with Crippen molar-refractivity contribution in [2.45, 2.75) is 23.9 Å². The molecule has 110 valence electrons. The highest BCUT2D eigenvalue weighted by atomic mass is 32.2. The van der Waals surface area contributed by atoms with Gasteiger partial charge in [-0.15, -0.1) is 0 Å². The number of aromatic nitrogens is 1. The summed E-state index contributed by atoms with van der Waals surface area (Å²) in [7, 11) is -2.89. The third-order valence-electron chi connectivity index (χ3n) is 2.37. The van der Waals surface area contributed by atoms with E-state index in [4.69, 9.17) is 5.11 Å². The van der Waals surface area contributed by atoms with Crippen molar-refractivity contribution in [1.82, 2.24) is 9.29 Å². The van der Waals surface area contributed by atoms with Crippen molar-refractivity contribution in [3.05, 3.63) is 18.0 Å². The SMILES string of the molecule is Cn1cc(S(=O)(=O)NCC(F)(F)C(F)F)cc1CO. The van der Waals surface area contributed by atoms with Gasteiger partial charge in [-0.3, -0.25) is 0 Å². The summed E-state index contributed by atoms with van der Waals surface area (Å²) in [6, 6.07) is 1.06. The summed E-state index contributed by atoms with van der Waals surface area (Å²) in [5, 5.41) is 8.87. The summed E-state index contributed by atoms with van der Waals surface area (Å²) in [4.78, 5) is -0.385. The highest BCUT2D eigenvalue weighted by Crippen LogP contribution is 2.22. The molecule has 0 aliphatic rings. The van der Waals surface area contributed by atoms with E-state index in [-0.39, 0.29) is 10.6 Å². The molecule has 1 rings (SSSR count). The Morgan fingerprint density at radius 2 is 2.05 bits per heavy atom. The minimum atomic E-state index is -4.44. The molecule has 1 aromatic rings. The molecule has 0 spiro atoms. The Kier molecular flexibility index (Phi) is 4.59. The van der Waals surface area contributed by atoms with Crippen molar-refractivity contribution >= 4 is 10.0 Å². The number of aryl methyl sites for hydroxylation is 1. The van der Waals surface area contributed by atoms with E-state index in [0.717, 1.165) is 12.3 Å². The van der Waals surface area contributed by atoms with Gasteiger partial charge >= 0.3 is 12.3 Å². The summed E-state index contributed by atoms with van der Waals surface area (Å²) in [6.07, 6.45) is -2.88. The van der Waals surface area contributed by atoms with Gasteiger partial charge in [-0.2, -0.15) is 8.78 Å². The summed E-state index contributed by atoms with van der Waals surface area (Å²) in [5.41, 5.74) is 0.237. The number of hydrogen-bond donors (Lipinski definition) is 2. The fourth-order valence-corrected chi connectivity index (χ4v) is 2.37. The lowest BCUT2D eigenvalue weighted by Gasteiger charge is -2.15. The average molecular weight is 304 g/mol. The lowest BCUT2D eigenvalue weighted by Crippen LogP contribution is -2.41. The van der Waals surface area contributed by atoms with Gasteiger partial charge in [0.25, 0.3) is 0 Å². The number of rotatable bonds is 6. The van der Waals surface area contributed by atoms with Gasteiger partial charge in [0, 0.05) is 18.9 Å². The van der Waals surface area contributed by atoms with Crippen molar-refractivity contribution in [1.29, 1.82) is 0 Å². The minimum absolute atomic E-state index is 0.237. The van der Waals surface area contributed by atoms with E-state index in [9.17, 15) is 26.0 Å². The third-order valence-corrected chi connectivity index (χ3v) is 3.74. The monoisotopic (exact) mass is 304 g/mol. The maximum atomic E-state index is 12.6. The molecular formula is C9H12F4N2O3S. The van der Waals surface area contributed by atoms with Gasteiger partial charge in [0.2, 0.25) is 10.0 Å². The molecular weight excluding hydrogens is 292 g/mol. The van der Waals surface area contributed by atoms with Gasteiger partial charge in [0.15, 0.2) is 0 Å². The molecule has 19 heavy (non-hydrogen) atoms. The molecule has 2 N–H and O–H groups in total. The molecule has 1 heterocycles. The van der Waals surface area contributed by atoms with Crippen LogP contribution in [0, 0.1) is 0 Å². The minimum Gasteiger partial charge on any atom is -0.390 e. The van der Waals surface area contributed by atoms with Crippen LogP contribution in [0.3, 0.4) is 0 Å². The number of nitrogens with one attached hydrogen (secondary N) is 1. The van der Waals surface area contributed by atoms with Gasteiger partial charge in [0.1, 0.15) is 0 Å². The van der Waals surface area contributed by atoms with Gasteiger partial charge in [-0.25, -0.2) is 21.9 Å². The normalized spacial score (nSPS) is 13.2. The van der Waals surface area contributed by atoms with Gasteiger partial charge in [0.05, 0.1) is 18.0 Å². The summed E-state index contributed by atoms with van der Waals surface area (Å²) >= 11 is 0. The molecule has 0 amide bonds. The molecule has 0 atom stereocenters. The standard InChI is InChI=1S/C9H12F4N2O3S/c1-15-3-7(2-6(15)4-16)19(17,18)14-5-9(12,13)8(10)11/h2-3,8,14,16H,4-5H2,1H3. The van der Waals surface area contributed by atoms with Gasteiger partial charge in [-0.1, -0.05) is 0 Å². The van der Waals surface area contributed by atoms with E-state index in [1.165, 1.54) is 16.3 Å². The van der Waals surface area contributed by atoms with Crippen molar-refractivity contribution in [3.8, 4) is 0 Å². The molecule has 0 aliphatic heterocycles. The zero-order valence-electron chi connectivity index (χ0n) is 9.78. The molecule has 0 aromatic carbocycles. The second kappa shape index (κ2) is 5.47. The summed E-state index contributed by atoms with van der Waals surface area (Å²) < 4.78 is 74.9. The molecule has 0 radical (unpaired) electrons. The lowest BCUT2D eigenvalue weighted by molar-refractivity contribution is -0.122. The number of aliphatic hydroxyl groups is 1. The Bertz CT molecular complexity index is 542. The van der Waals surface area contributed by atoms with Crippen molar-refractivity contribution in [3.63, 3.8) is 0 Å². The number of hydrogen-bond acceptors (Lipinski definition) is 3. The van der Waals surface area contributed by atoms with E-state index in [0.29, 0.717) is 0 Å². The van der Waals surface area contributed by atoms with Crippen LogP contribution < -0.4 is 4.72 Å². The molecule has 1 aromatic heterocycles. The molecule has 0 saturated carbocycles. The Balaban J connectivity index is 2.87. The van der Waals surface area contributed by atoms with Gasteiger partial charge < -0.3 is 9.67 Å². The second-order valence-corrected chi connectivity index (χ2v) is 5.59. The van der Waals surface area contributed by atoms with Crippen LogP contribution in [0.1, 0.15) is 5.69 Å². The molecule has 0 unspecified atom stereocenters. The molecule has 0 bridgehead atoms. The van der Waals surface area contributed by atoms with E-state index < -0.39 is 35.5 Å². The van der Waals surface area contributed by atoms with Crippen molar-refractivity contribution < 1.29 is 31.1 Å². The smallest absolute Gasteiger partial charge is 0.320 e. The first kappa shape index (κ1) is 15.9. The first-order chi connectivity index (χ1) is 8.60. The Labute approximate surface area is 106 Å². The molecule has 0 saturated heterocycles. The Hall–Kier alpha value is -1.13. The Morgan fingerprint density at radius 3 is 2.47 bits per heavy atom. The number of nitrogens with zero attached hydrogens (tertiary/aromatic N) is 1. The van der Waals surface area contributed by atoms with E-state index in [2.05, 4.69) is 0 Å². The predicted octanol–water partition coefficient (Wildman–Crippen LogP) is 0.696. The molecule has 5 nitrogen and oxygen atoms in total. The zero-order chi connectivity index (χ0) is 14.8. The van der Waals surface area contributed by atoms with Crippen LogP contribution in [0.4, 0.5) is 17.6 Å². The number of alkyl halides is 4. The van der Waals surface area contributed by atoms with Crippen molar-refractivity contribution in [2.75, 3.05) is 6.54 Å². The third kappa shape index (κ3) is 3.67. The van der Waals surface area contributed by atoms with E-state index in [1.54, 1.807) is 0 Å². The van der Waals surface area contributed by atoms with Crippen LogP contribution in [0.25, 0.3) is 0 Å². The van der Waals surface area contributed by atoms with E-state index >= 15 is 0 Å². The maximum Gasteiger partial charge on any atom is 0.320 e. The molecule has 10 heteroatoms. The number of sulfonamides is 1. The Morgan fingerprint density at radius 1 is 1.47 bits per heavy atom. The molecule has 0 fully saturated rings. The number of aliphatic hydroxyl groups excluding tert-OH is 1. The van der Waals surface area contributed by atoms with Crippen LogP contribution in [0.5, 0.6) is 0 Å².